The number of anilines is 1. The Hall–Kier alpha value is -1.82. The maximum Gasteiger partial charge on any atom is 0.175 e. The second-order valence-corrected chi connectivity index (χ2v) is 4.97. The van der Waals surface area contributed by atoms with Crippen molar-refractivity contribution < 1.29 is 14.7 Å². The Labute approximate surface area is 117 Å². The molecule has 0 saturated heterocycles. The Kier molecular flexibility index (Phi) is 4.79. The number of aliphatic hydroxyl groups excluding tert-OH is 1. The molecule has 5 nitrogen and oxygen atoms in total. The van der Waals surface area contributed by atoms with Gasteiger partial charge in [-0.15, -0.1) is 0 Å². The number of benzene rings is 1. The largest absolute Gasteiger partial charge is 0.409 e. The average molecular weight is 281 g/mol. The molecule has 0 amide bonds. The molecular formula is C14H20FN3O2. The molecule has 110 valence electrons. The zero-order valence-electron chi connectivity index (χ0n) is 11.3. The van der Waals surface area contributed by atoms with Crippen LogP contribution in [0.5, 0.6) is 0 Å². The summed E-state index contributed by atoms with van der Waals surface area (Å²) in [6, 6.07) is 4.87. The van der Waals surface area contributed by atoms with Crippen molar-refractivity contribution in [1.29, 1.82) is 0 Å². The molecule has 0 aromatic heterocycles. The molecule has 0 radical (unpaired) electrons. The van der Waals surface area contributed by atoms with Crippen molar-refractivity contribution in [3.63, 3.8) is 0 Å². The normalized spacial score (nSPS) is 16.6. The molecule has 20 heavy (non-hydrogen) atoms. The topological polar surface area (TPSA) is 82.1 Å². The van der Waals surface area contributed by atoms with Gasteiger partial charge < -0.3 is 20.9 Å². The standard InChI is InChI=1S/C14H20FN3O2/c15-11-6-3-7-12(13(11)14(16)17-20)18(8-9-19)10-4-1-2-5-10/h3,6-7,10,19-20H,1-2,4-5,8-9H2,(H2,16,17). The van der Waals surface area contributed by atoms with Gasteiger partial charge in [0.05, 0.1) is 17.9 Å². The third kappa shape index (κ3) is 2.85. The highest BCUT2D eigenvalue weighted by Gasteiger charge is 2.26. The maximum atomic E-state index is 14.0. The first-order chi connectivity index (χ1) is 9.69. The molecule has 1 saturated carbocycles. The third-order valence-corrected chi connectivity index (χ3v) is 3.77. The highest BCUT2D eigenvalue weighted by atomic mass is 19.1. The first kappa shape index (κ1) is 14.6. The lowest BCUT2D eigenvalue weighted by molar-refractivity contribution is 0.297. The van der Waals surface area contributed by atoms with Crippen LogP contribution in [-0.4, -0.2) is 35.3 Å². The summed E-state index contributed by atoms with van der Waals surface area (Å²) >= 11 is 0. The van der Waals surface area contributed by atoms with Crippen LogP contribution in [0.4, 0.5) is 10.1 Å². The van der Waals surface area contributed by atoms with E-state index in [1.807, 2.05) is 4.90 Å². The fourth-order valence-electron chi connectivity index (χ4n) is 2.88. The van der Waals surface area contributed by atoms with Crippen molar-refractivity contribution >= 4 is 11.5 Å². The average Bonchev–Trinajstić information content (AvgIpc) is 2.97. The van der Waals surface area contributed by atoms with Crippen molar-refractivity contribution in [3.8, 4) is 0 Å². The first-order valence-electron chi connectivity index (χ1n) is 6.83. The fourth-order valence-corrected chi connectivity index (χ4v) is 2.88. The van der Waals surface area contributed by atoms with Crippen molar-refractivity contribution in [2.24, 2.45) is 10.9 Å². The third-order valence-electron chi connectivity index (χ3n) is 3.77. The van der Waals surface area contributed by atoms with Gasteiger partial charge in [-0.3, -0.25) is 0 Å². The number of oxime groups is 1. The number of hydrogen-bond acceptors (Lipinski definition) is 4. The molecule has 0 atom stereocenters. The summed E-state index contributed by atoms with van der Waals surface area (Å²) in [6.07, 6.45) is 4.26. The van der Waals surface area contributed by atoms with Crippen LogP contribution in [0.15, 0.2) is 23.4 Å². The molecule has 1 aliphatic carbocycles. The molecule has 0 heterocycles. The van der Waals surface area contributed by atoms with Gasteiger partial charge in [-0.05, 0) is 25.0 Å². The van der Waals surface area contributed by atoms with Crippen LogP contribution in [0.25, 0.3) is 0 Å². The molecule has 1 aliphatic rings. The first-order valence-corrected chi connectivity index (χ1v) is 6.83. The summed E-state index contributed by atoms with van der Waals surface area (Å²) in [7, 11) is 0. The van der Waals surface area contributed by atoms with Crippen molar-refractivity contribution in [2.75, 3.05) is 18.1 Å². The zero-order valence-corrected chi connectivity index (χ0v) is 11.3. The van der Waals surface area contributed by atoms with E-state index in [0.29, 0.717) is 12.2 Å². The van der Waals surface area contributed by atoms with E-state index in [4.69, 9.17) is 10.9 Å². The maximum absolute atomic E-state index is 14.0. The molecule has 1 aromatic carbocycles. The van der Waals surface area contributed by atoms with Gasteiger partial charge in [0, 0.05) is 12.6 Å². The second kappa shape index (κ2) is 6.56. The Balaban J connectivity index is 2.44. The van der Waals surface area contributed by atoms with Crippen LogP contribution in [0, 0.1) is 5.82 Å². The van der Waals surface area contributed by atoms with Gasteiger partial charge in [0.1, 0.15) is 5.82 Å². The zero-order chi connectivity index (χ0) is 14.5. The van der Waals surface area contributed by atoms with Crippen LogP contribution < -0.4 is 10.6 Å². The predicted octanol–water partition coefficient (Wildman–Crippen LogP) is 1.66. The van der Waals surface area contributed by atoms with E-state index in [1.54, 1.807) is 12.1 Å². The summed E-state index contributed by atoms with van der Waals surface area (Å²) in [5.41, 5.74) is 6.26. The SMILES string of the molecule is NC(=NO)c1c(F)cccc1N(CCO)C1CCCC1. The van der Waals surface area contributed by atoms with Crippen LogP contribution in [0.2, 0.25) is 0 Å². The molecule has 0 aliphatic heterocycles. The van der Waals surface area contributed by atoms with E-state index in [9.17, 15) is 9.50 Å². The number of nitrogens with two attached hydrogens (primary N) is 1. The molecule has 1 aromatic rings. The number of nitrogens with zero attached hydrogens (tertiary/aromatic N) is 2. The van der Waals surface area contributed by atoms with Gasteiger partial charge in [-0.25, -0.2) is 4.39 Å². The van der Waals surface area contributed by atoms with Gasteiger partial charge >= 0.3 is 0 Å². The minimum atomic E-state index is -0.529. The van der Waals surface area contributed by atoms with E-state index in [2.05, 4.69) is 5.16 Å². The van der Waals surface area contributed by atoms with E-state index in [-0.39, 0.29) is 24.0 Å². The molecule has 0 bridgehead atoms. The molecule has 1 fully saturated rings. The van der Waals surface area contributed by atoms with Gasteiger partial charge in [-0.2, -0.15) is 0 Å². The Morgan fingerprint density at radius 1 is 1.40 bits per heavy atom. The molecule has 4 N–H and O–H groups in total. The number of rotatable bonds is 5. The van der Waals surface area contributed by atoms with Crippen LogP contribution in [0.3, 0.4) is 0 Å². The van der Waals surface area contributed by atoms with Crippen molar-refractivity contribution in [2.45, 2.75) is 31.7 Å². The number of amidine groups is 1. The van der Waals surface area contributed by atoms with E-state index >= 15 is 0 Å². The minimum Gasteiger partial charge on any atom is -0.409 e. The van der Waals surface area contributed by atoms with Gasteiger partial charge in [0.15, 0.2) is 5.84 Å². The summed E-state index contributed by atoms with van der Waals surface area (Å²) in [4.78, 5) is 1.96. The van der Waals surface area contributed by atoms with Gasteiger partial charge in [0.25, 0.3) is 0 Å². The van der Waals surface area contributed by atoms with E-state index in [0.717, 1.165) is 25.7 Å². The second-order valence-electron chi connectivity index (χ2n) is 4.97. The predicted molar refractivity (Wildman–Crippen MR) is 75.6 cm³/mol. The Bertz CT molecular complexity index is 487. The van der Waals surface area contributed by atoms with Gasteiger partial charge in [0.2, 0.25) is 0 Å². The molecule has 2 rings (SSSR count). The smallest absolute Gasteiger partial charge is 0.175 e. The highest BCUT2D eigenvalue weighted by Crippen LogP contribution is 2.31. The number of aliphatic hydroxyl groups is 1. The molecule has 0 spiro atoms. The molecular weight excluding hydrogens is 261 g/mol. The van der Waals surface area contributed by atoms with Crippen LogP contribution >= 0.6 is 0 Å². The summed E-state index contributed by atoms with van der Waals surface area (Å²) in [6.45, 7) is 0.377. The summed E-state index contributed by atoms with van der Waals surface area (Å²) < 4.78 is 14.0. The number of hydrogen-bond donors (Lipinski definition) is 3. The quantitative estimate of drug-likeness (QED) is 0.332. The Morgan fingerprint density at radius 3 is 2.70 bits per heavy atom. The van der Waals surface area contributed by atoms with Crippen LogP contribution in [0.1, 0.15) is 31.2 Å². The fraction of sp³-hybridized carbons (Fsp3) is 0.500. The van der Waals surface area contributed by atoms with E-state index in [1.165, 1.54) is 6.07 Å². The lowest BCUT2D eigenvalue weighted by atomic mass is 10.1. The monoisotopic (exact) mass is 281 g/mol. The van der Waals surface area contributed by atoms with Crippen LogP contribution in [-0.2, 0) is 0 Å². The minimum absolute atomic E-state index is 0.0252. The number of halogens is 1. The Morgan fingerprint density at radius 2 is 2.10 bits per heavy atom. The molecule has 6 heteroatoms. The van der Waals surface area contributed by atoms with E-state index < -0.39 is 5.82 Å². The molecule has 0 unspecified atom stereocenters. The highest BCUT2D eigenvalue weighted by molar-refractivity contribution is 6.02. The lowest BCUT2D eigenvalue weighted by Crippen LogP contribution is -2.37. The summed E-state index contributed by atoms with van der Waals surface area (Å²) in [5.74, 6) is -0.780. The lowest BCUT2D eigenvalue weighted by Gasteiger charge is -2.32. The van der Waals surface area contributed by atoms with Crippen molar-refractivity contribution in [1.82, 2.24) is 0 Å². The summed E-state index contributed by atoms with van der Waals surface area (Å²) in [5, 5.41) is 21.0. The van der Waals surface area contributed by atoms with Crippen molar-refractivity contribution in [3.05, 3.63) is 29.6 Å². The van der Waals surface area contributed by atoms with Gasteiger partial charge in [-0.1, -0.05) is 24.1 Å².